The Morgan fingerprint density at radius 1 is 1.25 bits per heavy atom. The maximum atomic E-state index is 10.9. The molecule has 0 fully saturated rings. The SMILES string of the molecule is COC(=O)CNCc1ccc(C)c(C)c1C. The molecule has 1 rings (SSSR count). The summed E-state index contributed by atoms with van der Waals surface area (Å²) in [7, 11) is 1.39. The number of nitrogens with one attached hydrogen (secondary N) is 1. The van der Waals surface area contributed by atoms with Gasteiger partial charge in [0.15, 0.2) is 0 Å². The summed E-state index contributed by atoms with van der Waals surface area (Å²) in [6.45, 7) is 7.28. The van der Waals surface area contributed by atoms with Crippen LogP contribution in [0.5, 0.6) is 0 Å². The van der Waals surface area contributed by atoms with E-state index in [0.29, 0.717) is 6.54 Å². The molecule has 3 heteroatoms. The third kappa shape index (κ3) is 3.07. The number of methoxy groups -OCH3 is 1. The summed E-state index contributed by atoms with van der Waals surface area (Å²) in [5, 5.41) is 3.07. The Labute approximate surface area is 96.8 Å². The molecule has 0 aromatic heterocycles. The molecule has 0 saturated carbocycles. The summed E-state index contributed by atoms with van der Waals surface area (Å²) in [5.74, 6) is -0.235. The zero-order chi connectivity index (χ0) is 12.1. The van der Waals surface area contributed by atoms with Crippen molar-refractivity contribution in [2.75, 3.05) is 13.7 Å². The molecule has 0 spiro atoms. The van der Waals surface area contributed by atoms with Gasteiger partial charge >= 0.3 is 5.97 Å². The van der Waals surface area contributed by atoms with Crippen molar-refractivity contribution in [1.29, 1.82) is 0 Å². The molecule has 0 aliphatic heterocycles. The van der Waals surface area contributed by atoms with E-state index in [9.17, 15) is 4.79 Å². The number of hydrogen-bond donors (Lipinski definition) is 1. The molecule has 0 amide bonds. The van der Waals surface area contributed by atoms with Gasteiger partial charge in [0.1, 0.15) is 0 Å². The van der Waals surface area contributed by atoms with Gasteiger partial charge in [-0.3, -0.25) is 4.79 Å². The molecular weight excluding hydrogens is 202 g/mol. The third-order valence-corrected chi connectivity index (χ3v) is 2.98. The highest BCUT2D eigenvalue weighted by Crippen LogP contribution is 2.16. The number of esters is 1. The summed E-state index contributed by atoms with van der Waals surface area (Å²) in [6, 6.07) is 4.21. The van der Waals surface area contributed by atoms with Gasteiger partial charge < -0.3 is 10.1 Å². The van der Waals surface area contributed by atoms with E-state index in [0.717, 1.165) is 0 Å². The fourth-order valence-corrected chi connectivity index (χ4v) is 1.58. The van der Waals surface area contributed by atoms with Gasteiger partial charge in [-0.25, -0.2) is 0 Å². The molecule has 0 saturated heterocycles. The minimum atomic E-state index is -0.235. The van der Waals surface area contributed by atoms with Crippen molar-refractivity contribution < 1.29 is 9.53 Å². The van der Waals surface area contributed by atoms with Gasteiger partial charge in [0.2, 0.25) is 0 Å². The smallest absolute Gasteiger partial charge is 0.319 e. The second-order valence-corrected chi connectivity index (χ2v) is 3.97. The molecular formula is C13H19NO2. The minimum absolute atomic E-state index is 0.235. The molecule has 0 unspecified atom stereocenters. The Morgan fingerprint density at radius 3 is 2.56 bits per heavy atom. The molecule has 1 N–H and O–H groups in total. The monoisotopic (exact) mass is 221 g/mol. The zero-order valence-corrected chi connectivity index (χ0v) is 10.4. The average molecular weight is 221 g/mol. The van der Waals surface area contributed by atoms with Gasteiger partial charge in [0.25, 0.3) is 0 Å². The van der Waals surface area contributed by atoms with E-state index < -0.39 is 0 Å². The first kappa shape index (κ1) is 12.7. The van der Waals surface area contributed by atoms with E-state index in [1.165, 1.54) is 29.4 Å². The Morgan fingerprint density at radius 2 is 1.94 bits per heavy atom. The molecule has 0 aliphatic carbocycles. The first-order valence-corrected chi connectivity index (χ1v) is 5.39. The Balaban J connectivity index is 2.61. The highest BCUT2D eigenvalue weighted by molar-refractivity contribution is 5.71. The third-order valence-electron chi connectivity index (χ3n) is 2.98. The van der Waals surface area contributed by atoms with E-state index in [1.807, 2.05) is 0 Å². The van der Waals surface area contributed by atoms with Crippen LogP contribution in [0.2, 0.25) is 0 Å². The Bertz CT molecular complexity index is 386. The molecule has 0 aliphatic rings. The number of hydrogen-bond acceptors (Lipinski definition) is 3. The number of aryl methyl sites for hydroxylation is 1. The van der Waals surface area contributed by atoms with Crippen molar-refractivity contribution in [3.8, 4) is 0 Å². The van der Waals surface area contributed by atoms with E-state index in [-0.39, 0.29) is 12.5 Å². The van der Waals surface area contributed by atoms with Crippen molar-refractivity contribution in [3.63, 3.8) is 0 Å². The lowest BCUT2D eigenvalue weighted by atomic mass is 9.99. The molecule has 88 valence electrons. The van der Waals surface area contributed by atoms with Crippen LogP contribution in [0, 0.1) is 20.8 Å². The molecule has 0 atom stereocenters. The van der Waals surface area contributed by atoms with Crippen molar-refractivity contribution in [3.05, 3.63) is 34.4 Å². The average Bonchev–Trinajstić information content (AvgIpc) is 2.29. The van der Waals surface area contributed by atoms with E-state index >= 15 is 0 Å². The number of ether oxygens (including phenoxy) is 1. The van der Waals surface area contributed by atoms with Crippen LogP contribution in [0.25, 0.3) is 0 Å². The predicted molar refractivity (Wildman–Crippen MR) is 64.4 cm³/mol. The highest BCUT2D eigenvalue weighted by atomic mass is 16.5. The summed E-state index contributed by atoms with van der Waals surface area (Å²) in [4.78, 5) is 10.9. The fourth-order valence-electron chi connectivity index (χ4n) is 1.58. The van der Waals surface area contributed by atoms with Crippen molar-refractivity contribution >= 4 is 5.97 Å². The van der Waals surface area contributed by atoms with Crippen molar-refractivity contribution in [2.24, 2.45) is 0 Å². The van der Waals surface area contributed by atoms with E-state index in [1.54, 1.807) is 0 Å². The van der Waals surface area contributed by atoms with Crippen LogP contribution in [-0.2, 0) is 16.1 Å². The second-order valence-electron chi connectivity index (χ2n) is 3.97. The normalized spacial score (nSPS) is 10.2. The Kier molecular flexibility index (Phi) is 4.50. The first-order valence-electron chi connectivity index (χ1n) is 5.39. The van der Waals surface area contributed by atoms with Gasteiger partial charge in [-0.2, -0.15) is 0 Å². The molecule has 0 bridgehead atoms. The lowest BCUT2D eigenvalue weighted by Crippen LogP contribution is -2.23. The minimum Gasteiger partial charge on any atom is -0.468 e. The van der Waals surface area contributed by atoms with Gasteiger partial charge in [-0.1, -0.05) is 12.1 Å². The molecule has 16 heavy (non-hydrogen) atoms. The molecule has 0 radical (unpaired) electrons. The van der Waals surface area contributed by atoms with Gasteiger partial charge in [0, 0.05) is 6.54 Å². The van der Waals surface area contributed by atoms with E-state index in [2.05, 4.69) is 43.0 Å². The fraction of sp³-hybridized carbons (Fsp3) is 0.462. The highest BCUT2D eigenvalue weighted by Gasteiger charge is 2.04. The van der Waals surface area contributed by atoms with Gasteiger partial charge in [-0.15, -0.1) is 0 Å². The van der Waals surface area contributed by atoms with Crippen LogP contribution in [0.3, 0.4) is 0 Å². The maximum Gasteiger partial charge on any atom is 0.319 e. The van der Waals surface area contributed by atoms with Crippen LogP contribution in [0.15, 0.2) is 12.1 Å². The first-order chi connectivity index (χ1) is 7.56. The van der Waals surface area contributed by atoms with Crippen molar-refractivity contribution in [2.45, 2.75) is 27.3 Å². The summed E-state index contributed by atoms with van der Waals surface area (Å²) < 4.78 is 4.56. The standard InChI is InChI=1S/C13H19NO2/c1-9-5-6-12(11(3)10(9)2)7-14-8-13(15)16-4/h5-6,14H,7-8H2,1-4H3. The number of benzene rings is 1. The predicted octanol–water partition coefficient (Wildman–Crippen LogP) is 1.87. The zero-order valence-electron chi connectivity index (χ0n) is 10.4. The maximum absolute atomic E-state index is 10.9. The van der Waals surface area contributed by atoms with Gasteiger partial charge in [0.05, 0.1) is 13.7 Å². The topological polar surface area (TPSA) is 38.3 Å². The number of carbonyl (C=O) groups excluding carboxylic acids is 1. The summed E-state index contributed by atoms with van der Waals surface area (Å²) in [5.41, 5.74) is 5.14. The summed E-state index contributed by atoms with van der Waals surface area (Å²) >= 11 is 0. The van der Waals surface area contributed by atoms with Gasteiger partial charge in [-0.05, 0) is 43.0 Å². The van der Waals surface area contributed by atoms with Crippen molar-refractivity contribution in [1.82, 2.24) is 5.32 Å². The largest absolute Gasteiger partial charge is 0.468 e. The number of rotatable bonds is 4. The van der Waals surface area contributed by atoms with Crippen LogP contribution >= 0.6 is 0 Å². The summed E-state index contributed by atoms with van der Waals surface area (Å²) in [6.07, 6.45) is 0. The lowest BCUT2D eigenvalue weighted by molar-refractivity contribution is -0.139. The van der Waals surface area contributed by atoms with Crippen LogP contribution in [0.1, 0.15) is 22.3 Å². The molecule has 0 heterocycles. The van der Waals surface area contributed by atoms with Crippen LogP contribution in [0.4, 0.5) is 0 Å². The molecule has 1 aromatic rings. The quantitative estimate of drug-likeness (QED) is 0.789. The van der Waals surface area contributed by atoms with Crippen LogP contribution in [-0.4, -0.2) is 19.6 Å². The molecule has 3 nitrogen and oxygen atoms in total. The van der Waals surface area contributed by atoms with Crippen LogP contribution < -0.4 is 5.32 Å². The molecule has 1 aromatic carbocycles. The van der Waals surface area contributed by atoms with E-state index in [4.69, 9.17) is 0 Å². The lowest BCUT2D eigenvalue weighted by Gasteiger charge is -2.11. The number of carbonyl (C=O) groups is 1. The Hall–Kier alpha value is -1.35. The second kappa shape index (κ2) is 5.66.